The summed E-state index contributed by atoms with van der Waals surface area (Å²) in [5.74, 6) is 1.22. The van der Waals surface area contributed by atoms with E-state index in [1.165, 1.54) is 0 Å². The number of aromatic nitrogens is 3. The molecule has 0 aliphatic rings. The van der Waals surface area contributed by atoms with E-state index in [0.717, 1.165) is 27.8 Å². The van der Waals surface area contributed by atoms with Crippen LogP contribution in [0.2, 0.25) is 0 Å². The third-order valence-corrected chi connectivity index (χ3v) is 4.09. The second kappa shape index (κ2) is 5.79. The molecule has 2 heterocycles. The molecule has 0 spiro atoms. The molecule has 0 aliphatic carbocycles. The number of methoxy groups -OCH3 is 1. The summed E-state index contributed by atoms with van der Waals surface area (Å²) in [4.78, 5) is 12.5. The lowest BCUT2D eigenvalue weighted by atomic mass is 9.94. The van der Waals surface area contributed by atoms with E-state index in [9.17, 15) is 5.11 Å². The lowest BCUT2D eigenvalue weighted by molar-refractivity contribution is 0.143. The van der Waals surface area contributed by atoms with Crippen LogP contribution in [0.4, 0.5) is 5.82 Å². The fraction of sp³-hybridized carbons (Fsp3) is 0.412. The highest BCUT2D eigenvalue weighted by molar-refractivity contribution is 6.07. The van der Waals surface area contributed by atoms with Gasteiger partial charge in [0.05, 0.1) is 17.6 Å². The average molecular weight is 314 g/mol. The summed E-state index contributed by atoms with van der Waals surface area (Å²) in [5.41, 5.74) is 9.21. The zero-order valence-electron chi connectivity index (χ0n) is 13.7. The maximum absolute atomic E-state index is 9.32. The topological polar surface area (TPSA) is 97.1 Å². The van der Waals surface area contributed by atoms with E-state index in [4.69, 9.17) is 10.5 Å². The summed E-state index contributed by atoms with van der Waals surface area (Å²) < 4.78 is 5.30. The van der Waals surface area contributed by atoms with Crippen LogP contribution in [0, 0.1) is 0 Å². The molecular weight excluding hydrogens is 292 g/mol. The third kappa shape index (κ3) is 2.64. The van der Waals surface area contributed by atoms with Gasteiger partial charge in [-0.1, -0.05) is 26.0 Å². The summed E-state index contributed by atoms with van der Waals surface area (Å²) in [5, 5.41) is 10.3. The number of nitrogens with two attached hydrogens (primary N) is 1. The molecule has 1 aromatic carbocycles. The number of rotatable bonds is 5. The van der Waals surface area contributed by atoms with Crippen molar-refractivity contribution < 1.29 is 9.84 Å². The Labute approximate surface area is 134 Å². The molecule has 0 fully saturated rings. The molecule has 0 atom stereocenters. The number of imidazole rings is 1. The minimum atomic E-state index is -0.265. The van der Waals surface area contributed by atoms with Gasteiger partial charge < -0.3 is 20.6 Å². The van der Waals surface area contributed by atoms with Gasteiger partial charge in [0.2, 0.25) is 0 Å². The number of nitrogens with zero attached hydrogens (tertiary/aromatic N) is 2. The number of pyridine rings is 1. The lowest BCUT2D eigenvalue weighted by Crippen LogP contribution is -2.25. The van der Waals surface area contributed by atoms with Gasteiger partial charge in [-0.25, -0.2) is 9.97 Å². The van der Waals surface area contributed by atoms with E-state index >= 15 is 0 Å². The molecular formula is C17H22N4O2. The molecule has 0 radical (unpaired) electrons. The number of hydrogen-bond donors (Lipinski definition) is 3. The number of aromatic amines is 1. The summed E-state index contributed by atoms with van der Waals surface area (Å²) in [7, 11) is 1.68. The van der Waals surface area contributed by atoms with Crippen molar-refractivity contribution in [3.05, 3.63) is 29.6 Å². The molecule has 3 aromatic rings. The SMILES string of the molecule is COCC(C)(C)c1nc2c(N)nc3cccc(CCO)c3c2[nH]1. The fourth-order valence-corrected chi connectivity index (χ4v) is 2.97. The van der Waals surface area contributed by atoms with Crippen molar-refractivity contribution in [2.24, 2.45) is 0 Å². The van der Waals surface area contributed by atoms with Gasteiger partial charge in [-0.2, -0.15) is 0 Å². The predicted octanol–water partition coefficient (Wildman–Crippen LogP) is 2.15. The number of aliphatic hydroxyl groups excluding tert-OH is 1. The maximum atomic E-state index is 9.32. The quantitative estimate of drug-likeness (QED) is 0.670. The fourth-order valence-electron chi connectivity index (χ4n) is 2.97. The molecule has 0 saturated heterocycles. The number of ether oxygens (including phenoxy) is 1. The Morgan fingerprint density at radius 1 is 1.30 bits per heavy atom. The summed E-state index contributed by atoms with van der Waals surface area (Å²) >= 11 is 0. The van der Waals surface area contributed by atoms with Crippen LogP contribution in [0.25, 0.3) is 21.9 Å². The van der Waals surface area contributed by atoms with Crippen molar-refractivity contribution in [3.63, 3.8) is 0 Å². The molecule has 3 rings (SSSR count). The van der Waals surface area contributed by atoms with Crippen LogP contribution in [0.15, 0.2) is 18.2 Å². The zero-order chi connectivity index (χ0) is 16.6. The highest BCUT2D eigenvalue weighted by Crippen LogP contribution is 2.32. The van der Waals surface area contributed by atoms with Gasteiger partial charge in [0, 0.05) is 24.5 Å². The zero-order valence-corrected chi connectivity index (χ0v) is 13.7. The molecule has 4 N–H and O–H groups in total. The summed E-state index contributed by atoms with van der Waals surface area (Å²) in [6.07, 6.45) is 0.563. The van der Waals surface area contributed by atoms with Gasteiger partial charge in [0.1, 0.15) is 11.3 Å². The normalized spacial score (nSPS) is 12.3. The molecule has 0 unspecified atom stereocenters. The van der Waals surface area contributed by atoms with E-state index in [1.54, 1.807) is 7.11 Å². The second-order valence-corrected chi connectivity index (χ2v) is 6.41. The molecule has 0 saturated carbocycles. The maximum Gasteiger partial charge on any atom is 0.152 e. The van der Waals surface area contributed by atoms with Crippen molar-refractivity contribution in [2.45, 2.75) is 25.7 Å². The largest absolute Gasteiger partial charge is 0.396 e. The number of H-pyrrole nitrogens is 1. The van der Waals surface area contributed by atoms with Gasteiger partial charge in [0.15, 0.2) is 5.82 Å². The number of fused-ring (bicyclic) bond motifs is 3. The van der Waals surface area contributed by atoms with Crippen LogP contribution in [-0.4, -0.2) is 40.4 Å². The van der Waals surface area contributed by atoms with E-state index in [-0.39, 0.29) is 12.0 Å². The Morgan fingerprint density at radius 2 is 2.09 bits per heavy atom. The number of anilines is 1. The minimum Gasteiger partial charge on any atom is -0.396 e. The Kier molecular flexibility index (Phi) is 3.95. The number of benzene rings is 1. The molecule has 0 bridgehead atoms. The Bertz CT molecular complexity index is 855. The summed E-state index contributed by atoms with van der Waals surface area (Å²) in [6, 6.07) is 5.85. The van der Waals surface area contributed by atoms with Gasteiger partial charge >= 0.3 is 0 Å². The average Bonchev–Trinajstić information content (AvgIpc) is 2.94. The van der Waals surface area contributed by atoms with E-state index in [1.807, 2.05) is 18.2 Å². The molecule has 2 aromatic heterocycles. The highest BCUT2D eigenvalue weighted by atomic mass is 16.5. The van der Waals surface area contributed by atoms with Crippen LogP contribution >= 0.6 is 0 Å². The molecule has 0 aliphatic heterocycles. The van der Waals surface area contributed by atoms with Gasteiger partial charge in [0.25, 0.3) is 0 Å². The standard InChI is InChI=1S/C17H22N4O2/c1-17(2,9-23-3)16-20-13-12-10(7-8-22)5-4-6-11(12)19-15(18)14(13)21-16/h4-6,22H,7-9H2,1-3H3,(H2,18,19)(H,20,21). The third-order valence-electron chi connectivity index (χ3n) is 4.09. The second-order valence-electron chi connectivity index (χ2n) is 6.41. The van der Waals surface area contributed by atoms with Crippen molar-refractivity contribution in [1.82, 2.24) is 15.0 Å². The highest BCUT2D eigenvalue weighted by Gasteiger charge is 2.26. The van der Waals surface area contributed by atoms with Gasteiger partial charge in [-0.05, 0) is 18.1 Å². The van der Waals surface area contributed by atoms with Crippen LogP contribution in [-0.2, 0) is 16.6 Å². The van der Waals surface area contributed by atoms with Crippen molar-refractivity contribution in [1.29, 1.82) is 0 Å². The molecule has 6 heteroatoms. The van der Waals surface area contributed by atoms with E-state index in [2.05, 4.69) is 28.8 Å². The molecule has 23 heavy (non-hydrogen) atoms. The van der Waals surface area contributed by atoms with E-state index < -0.39 is 0 Å². The lowest BCUT2D eigenvalue weighted by Gasteiger charge is -2.20. The number of aliphatic hydroxyl groups is 1. The van der Waals surface area contributed by atoms with Crippen LogP contribution in [0.1, 0.15) is 25.2 Å². The number of nitrogens with one attached hydrogen (secondary N) is 1. The first kappa shape index (κ1) is 15.7. The number of nitrogen functional groups attached to an aromatic ring is 1. The van der Waals surface area contributed by atoms with Crippen molar-refractivity contribution in [3.8, 4) is 0 Å². The van der Waals surface area contributed by atoms with Crippen molar-refractivity contribution in [2.75, 3.05) is 26.1 Å². The van der Waals surface area contributed by atoms with Crippen LogP contribution < -0.4 is 5.73 Å². The summed E-state index contributed by atoms with van der Waals surface area (Å²) in [6.45, 7) is 4.76. The Hall–Kier alpha value is -2.18. The molecule has 122 valence electrons. The van der Waals surface area contributed by atoms with Gasteiger partial charge in [-0.15, -0.1) is 0 Å². The number of hydrogen-bond acceptors (Lipinski definition) is 5. The molecule has 6 nitrogen and oxygen atoms in total. The first-order valence-electron chi connectivity index (χ1n) is 7.65. The van der Waals surface area contributed by atoms with Gasteiger partial charge in [-0.3, -0.25) is 0 Å². The Morgan fingerprint density at radius 3 is 2.78 bits per heavy atom. The Balaban J connectivity index is 2.32. The monoisotopic (exact) mass is 314 g/mol. The first-order chi connectivity index (χ1) is 11.0. The minimum absolute atomic E-state index is 0.0845. The van der Waals surface area contributed by atoms with Crippen LogP contribution in [0.5, 0.6) is 0 Å². The van der Waals surface area contributed by atoms with Crippen molar-refractivity contribution >= 4 is 27.8 Å². The smallest absolute Gasteiger partial charge is 0.152 e. The predicted molar refractivity (Wildman–Crippen MR) is 91.5 cm³/mol. The molecule has 0 amide bonds. The first-order valence-corrected chi connectivity index (χ1v) is 7.65. The van der Waals surface area contributed by atoms with Crippen LogP contribution in [0.3, 0.4) is 0 Å². The van der Waals surface area contributed by atoms with E-state index in [0.29, 0.717) is 24.4 Å².